The van der Waals surface area contributed by atoms with Crippen LogP contribution < -0.4 is 0 Å². The minimum Gasteiger partial charge on any atom is -0.444 e. The van der Waals surface area contributed by atoms with Crippen LogP contribution in [0.4, 0.5) is 4.79 Å². The summed E-state index contributed by atoms with van der Waals surface area (Å²) in [6, 6.07) is 0. The molecule has 0 aliphatic heterocycles. The molecule has 0 atom stereocenters. The number of hydrogen-bond acceptors (Lipinski definition) is 3. The fourth-order valence-electron chi connectivity index (χ4n) is 1.57. The number of Topliss-reactive ketones (excluding diaryl/α,β-unsaturated/α-hetero) is 1. The topological polar surface area (TPSA) is 46.6 Å². The molecular weight excluding hydrogens is 218 g/mol. The Morgan fingerprint density at radius 1 is 1.12 bits per heavy atom. The molecule has 1 amide bonds. The van der Waals surface area contributed by atoms with Gasteiger partial charge in [-0.1, -0.05) is 0 Å². The SMILES string of the molecule is CN(C(=O)OC(C)(C)C)C(C)(C)C(=O)C1CC1. The lowest BCUT2D eigenvalue weighted by molar-refractivity contribution is -0.129. The van der Waals surface area contributed by atoms with Crippen molar-refractivity contribution in [3.63, 3.8) is 0 Å². The second kappa shape index (κ2) is 4.31. The first-order valence-corrected chi connectivity index (χ1v) is 6.07. The number of ketones is 1. The first-order chi connectivity index (χ1) is 7.55. The van der Waals surface area contributed by atoms with Crippen LogP contribution in [0.25, 0.3) is 0 Å². The minimum absolute atomic E-state index is 0.130. The fraction of sp³-hybridized carbons (Fsp3) is 0.846. The van der Waals surface area contributed by atoms with Gasteiger partial charge in [-0.05, 0) is 47.5 Å². The highest BCUT2D eigenvalue weighted by Crippen LogP contribution is 2.35. The third-order valence-corrected chi connectivity index (χ3v) is 3.06. The molecule has 0 heterocycles. The zero-order valence-corrected chi connectivity index (χ0v) is 11.7. The Kier molecular flexibility index (Phi) is 3.55. The summed E-state index contributed by atoms with van der Waals surface area (Å²) < 4.78 is 5.27. The second-order valence-electron chi connectivity index (χ2n) is 6.24. The monoisotopic (exact) mass is 241 g/mol. The first-order valence-electron chi connectivity index (χ1n) is 6.07. The summed E-state index contributed by atoms with van der Waals surface area (Å²) in [6.07, 6.45) is 1.45. The minimum atomic E-state index is -0.788. The summed E-state index contributed by atoms with van der Waals surface area (Å²) in [6.45, 7) is 8.99. The third-order valence-electron chi connectivity index (χ3n) is 3.06. The first kappa shape index (κ1) is 14.0. The summed E-state index contributed by atoms with van der Waals surface area (Å²) in [5.74, 6) is 0.265. The van der Waals surface area contributed by atoms with Crippen LogP contribution in [0.1, 0.15) is 47.5 Å². The van der Waals surface area contributed by atoms with E-state index in [0.29, 0.717) is 0 Å². The lowest BCUT2D eigenvalue weighted by atomic mass is 9.94. The van der Waals surface area contributed by atoms with Crippen LogP contribution in [-0.2, 0) is 9.53 Å². The smallest absolute Gasteiger partial charge is 0.410 e. The van der Waals surface area contributed by atoms with E-state index < -0.39 is 17.2 Å². The Morgan fingerprint density at radius 3 is 1.94 bits per heavy atom. The zero-order valence-electron chi connectivity index (χ0n) is 11.7. The lowest BCUT2D eigenvalue weighted by Gasteiger charge is -2.35. The third kappa shape index (κ3) is 3.45. The van der Waals surface area contributed by atoms with Gasteiger partial charge in [-0.3, -0.25) is 9.69 Å². The summed E-state index contributed by atoms with van der Waals surface area (Å²) in [5, 5.41) is 0. The highest BCUT2D eigenvalue weighted by atomic mass is 16.6. The van der Waals surface area contributed by atoms with Gasteiger partial charge in [0, 0.05) is 13.0 Å². The average molecular weight is 241 g/mol. The summed E-state index contributed by atoms with van der Waals surface area (Å²) in [4.78, 5) is 25.4. The van der Waals surface area contributed by atoms with E-state index in [1.165, 1.54) is 4.90 Å². The molecule has 0 radical (unpaired) electrons. The number of nitrogens with zero attached hydrogens (tertiary/aromatic N) is 1. The molecule has 0 unspecified atom stereocenters. The maximum atomic E-state index is 12.1. The van der Waals surface area contributed by atoms with Crippen LogP contribution in [0, 0.1) is 5.92 Å². The van der Waals surface area contributed by atoms with Crippen molar-refractivity contribution in [3.05, 3.63) is 0 Å². The maximum absolute atomic E-state index is 12.1. The molecule has 1 fully saturated rings. The van der Waals surface area contributed by atoms with Gasteiger partial charge in [-0.2, -0.15) is 0 Å². The highest BCUT2D eigenvalue weighted by molar-refractivity contribution is 5.94. The molecule has 0 spiro atoms. The van der Waals surface area contributed by atoms with Gasteiger partial charge in [0.2, 0.25) is 0 Å². The molecule has 98 valence electrons. The normalized spacial score (nSPS) is 16.6. The van der Waals surface area contributed by atoms with Gasteiger partial charge in [-0.25, -0.2) is 4.79 Å². The predicted molar refractivity (Wildman–Crippen MR) is 65.8 cm³/mol. The summed E-state index contributed by atoms with van der Waals surface area (Å²) in [5.41, 5.74) is -1.33. The number of likely N-dealkylation sites (N-methyl/N-ethyl adjacent to an activating group) is 1. The molecule has 0 N–H and O–H groups in total. The van der Waals surface area contributed by atoms with Crippen molar-refractivity contribution in [2.45, 2.75) is 58.6 Å². The van der Waals surface area contributed by atoms with Crippen molar-refractivity contribution in [2.75, 3.05) is 7.05 Å². The van der Waals surface area contributed by atoms with Crippen molar-refractivity contribution in [3.8, 4) is 0 Å². The molecule has 0 aromatic carbocycles. The van der Waals surface area contributed by atoms with Gasteiger partial charge < -0.3 is 4.74 Å². The Labute approximate surface area is 103 Å². The lowest BCUT2D eigenvalue weighted by Crippen LogP contribution is -2.52. The molecular formula is C13H23NO3. The van der Waals surface area contributed by atoms with Crippen molar-refractivity contribution in [1.82, 2.24) is 4.90 Å². The van der Waals surface area contributed by atoms with Crippen LogP contribution >= 0.6 is 0 Å². The van der Waals surface area contributed by atoms with E-state index >= 15 is 0 Å². The largest absolute Gasteiger partial charge is 0.444 e. The molecule has 0 aromatic rings. The number of carbonyl (C=O) groups is 2. The van der Waals surface area contributed by atoms with Crippen LogP contribution in [0.15, 0.2) is 0 Å². The molecule has 0 saturated heterocycles. The molecule has 0 bridgehead atoms. The number of amides is 1. The predicted octanol–water partition coefficient (Wildman–Crippen LogP) is 2.61. The number of hydrogen-bond donors (Lipinski definition) is 0. The number of ether oxygens (including phenoxy) is 1. The quantitative estimate of drug-likeness (QED) is 0.763. The number of rotatable bonds is 3. The standard InChI is InChI=1S/C13H23NO3/c1-12(2,3)17-11(16)14(6)13(4,5)10(15)9-7-8-9/h9H,7-8H2,1-6H3. The molecule has 1 rings (SSSR count). The van der Waals surface area contributed by atoms with Crippen molar-refractivity contribution in [2.24, 2.45) is 5.92 Å². The maximum Gasteiger partial charge on any atom is 0.410 e. The van der Waals surface area contributed by atoms with Gasteiger partial charge in [0.05, 0.1) is 5.54 Å². The zero-order chi connectivity index (χ0) is 13.4. The Hall–Kier alpha value is -1.06. The van der Waals surface area contributed by atoms with Gasteiger partial charge in [0.1, 0.15) is 5.60 Å². The van der Waals surface area contributed by atoms with E-state index in [9.17, 15) is 9.59 Å². The van der Waals surface area contributed by atoms with E-state index in [1.807, 2.05) is 20.8 Å². The van der Waals surface area contributed by atoms with Gasteiger partial charge in [-0.15, -0.1) is 0 Å². The van der Waals surface area contributed by atoms with Crippen molar-refractivity contribution < 1.29 is 14.3 Å². The molecule has 1 saturated carbocycles. The van der Waals surface area contributed by atoms with E-state index in [-0.39, 0.29) is 11.7 Å². The van der Waals surface area contributed by atoms with Gasteiger partial charge in [0.25, 0.3) is 0 Å². The molecule has 4 nitrogen and oxygen atoms in total. The summed E-state index contributed by atoms with van der Waals surface area (Å²) in [7, 11) is 1.62. The van der Waals surface area contributed by atoms with E-state index in [2.05, 4.69) is 0 Å². The molecule has 4 heteroatoms. The van der Waals surface area contributed by atoms with Crippen LogP contribution in [0.3, 0.4) is 0 Å². The molecule has 17 heavy (non-hydrogen) atoms. The average Bonchev–Trinajstić information content (AvgIpc) is 2.95. The second-order valence-corrected chi connectivity index (χ2v) is 6.24. The Balaban J connectivity index is 2.70. The Bertz CT molecular complexity index is 324. The van der Waals surface area contributed by atoms with Crippen LogP contribution in [0.5, 0.6) is 0 Å². The fourth-order valence-corrected chi connectivity index (χ4v) is 1.57. The summed E-state index contributed by atoms with van der Waals surface area (Å²) >= 11 is 0. The van der Waals surface area contributed by atoms with Crippen LogP contribution in [-0.4, -0.2) is 35.0 Å². The Morgan fingerprint density at radius 2 is 1.59 bits per heavy atom. The van der Waals surface area contributed by atoms with E-state index in [4.69, 9.17) is 4.74 Å². The van der Waals surface area contributed by atoms with Crippen molar-refractivity contribution in [1.29, 1.82) is 0 Å². The van der Waals surface area contributed by atoms with Gasteiger partial charge in [0.15, 0.2) is 5.78 Å². The number of carbonyl (C=O) groups excluding carboxylic acids is 2. The van der Waals surface area contributed by atoms with Crippen molar-refractivity contribution >= 4 is 11.9 Å². The highest BCUT2D eigenvalue weighted by Gasteiger charge is 2.44. The molecule has 1 aliphatic rings. The van der Waals surface area contributed by atoms with Crippen LogP contribution in [0.2, 0.25) is 0 Å². The van der Waals surface area contributed by atoms with Gasteiger partial charge >= 0.3 is 6.09 Å². The molecule has 1 aliphatic carbocycles. The van der Waals surface area contributed by atoms with E-state index in [0.717, 1.165) is 12.8 Å². The van der Waals surface area contributed by atoms with E-state index in [1.54, 1.807) is 20.9 Å². The molecule has 0 aromatic heterocycles.